The van der Waals surface area contributed by atoms with Crippen molar-refractivity contribution in [2.24, 2.45) is 0 Å². The van der Waals surface area contributed by atoms with Gasteiger partial charge in [0.1, 0.15) is 17.3 Å². The molecule has 134 valence electrons. The molecule has 2 aromatic rings. The largest absolute Gasteiger partial charge is 0.497 e. The van der Waals surface area contributed by atoms with Gasteiger partial charge in [-0.1, -0.05) is 5.16 Å². The minimum absolute atomic E-state index is 0.0912. The van der Waals surface area contributed by atoms with Crippen LogP contribution in [0.4, 0.5) is 5.82 Å². The van der Waals surface area contributed by atoms with Crippen molar-refractivity contribution in [1.29, 1.82) is 0 Å². The molecular formula is C18H23N3O4. The summed E-state index contributed by atoms with van der Waals surface area (Å²) >= 11 is 0. The summed E-state index contributed by atoms with van der Waals surface area (Å²) < 4.78 is 15.8. The molecule has 1 atom stereocenters. The summed E-state index contributed by atoms with van der Waals surface area (Å²) in [6.07, 6.45) is 0.972. The molecular weight excluding hydrogens is 322 g/mol. The fourth-order valence-corrected chi connectivity index (χ4v) is 3.20. The van der Waals surface area contributed by atoms with Gasteiger partial charge in [-0.25, -0.2) is 0 Å². The lowest BCUT2D eigenvalue weighted by Crippen LogP contribution is -2.31. The Kier molecular flexibility index (Phi) is 5.23. The molecule has 1 aliphatic heterocycles. The first kappa shape index (κ1) is 17.3. The average molecular weight is 345 g/mol. The maximum absolute atomic E-state index is 12.2. The Balaban J connectivity index is 1.61. The summed E-state index contributed by atoms with van der Waals surface area (Å²) in [7, 11) is 3.33. The first-order chi connectivity index (χ1) is 12.1. The molecule has 1 unspecified atom stereocenters. The van der Waals surface area contributed by atoms with E-state index in [2.05, 4.69) is 15.4 Å². The molecule has 7 heteroatoms. The van der Waals surface area contributed by atoms with Crippen LogP contribution in [0.1, 0.15) is 23.7 Å². The Hall–Kier alpha value is -2.54. The maximum atomic E-state index is 12.2. The van der Waals surface area contributed by atoms with E-state index in [1.54, 1.807) is 27.2 Å². The van der Waals surface area contributed by atoms with Crippen LogP contribution in [0.2, 0.25) is 0 Å². The van der Waals surface area contributed by atoms with E-state index >= 15 is 0 Å². The minimum atomic E-state index is -0.0912. The molecule has 0 saturated carbocycles. The molecule has 7 nitrogen and oxygen atoms in total. The molecule has 1 aromatic heterocycles. The fraction of sp³-hybridized carbons (Fsp3) is 0.444. The summed E-state index contributed by atoms with van der Waals surface area (Å²) in [5, 5.41) is 6.53. The van der Waals surface area contributed by atoms with Crippen LogP contribution in [0.15, 0.2) is 28.8 Å². The van der Waals surface area contributed by atoms with E-state index in [0.29, 0.717) is 24.0 Å². The topological polar surface area (TPSA) is 76.8 Å². The molecule has 1 aromatic carbocycles. The van der Waals surface area contributed by atoms with Crippen LogP contribution >= 0.6 is 0 Å². The van der Waals surface area contributed by atoms with Crippen molar-refractivity contribution >= 4 is 11.7 Å². The van der Waals surface area contributed by atoms with E-state index in [9.17, 15) is 4.79 Å². The molecule has 1 aliphatic rings. The van der Waals surface area contributed by atoms with Crippen LogP contribution in [0.3, 0.4) is 0 Å². The van der Waals surface area contributed by atoms with Crippen LogP contribution in [-0.2, 0) is 4.79 Å². The van der Waals surface area contributed by atoms with Crippen molar-refractivity contribution in [2.45, 2.75) is 19.3 Å². The second-order valence-electron chi connectivity index (χ2n) is 6.20. The predicted octanol–water partition coefficient (Wildman–Crippen LogP) is 2.43. The third-order valence-corrected chi connectivity index (χ3v) is 4.41. The van der Waals surface area contributed by atoms with E-state index in [-0.39, 0.29) is 5.91 Å². The molecule has 0 bridgehead atoms. The van der Waals surface area contributed by atoms with E-state index in [1.807, 2.05) is 18.2 Å². The van der Waals surface area contributed by atoms with Crippen LogP contribution < -0.4 is 14.8 Å². The number of likely N-dealkylation sites (tertiary alicyclic amines) is 1. The molecule has 1 amide bonds. The number of hydrogen-bond acceptors (Lipinski definition) is 6. The zero-order valence-electron chi connectivity index (χ0n) is 14.7. The molecule has 1 N–H and O–H groups in total. The second-order valence-corrected chi connectivity index (χ2v) is 6.20. The number of carbonyl (C=O) groups excluding carboxylic acids is 1. The van der Waals surface area contributed by atoms with E-state index in [0.717, 1.165) is 36.6 Å². The van der Waals surface area contributed by atoms with Crippen LogP contribution in [0.5, 0.6) is 11.5 Å². The van der Waals surface area contributed by atoms with E-state index in [1.165, 1.54) is 0 Å². The van der Waals surface area contributed by atoms with E-state index in [4.69, 9.17) is 14.0 Å². The quantitative estimate of drug-likeness (QED) is 0.866. The monoisotopic (exact) mass is 345 g/mol. The Morgan fingerprint density at radius 2 is 2.20 bits per heavy atom. The second kappa shape index (κ2) is 7.57. The van der Waals surface area contributed by atoms with Crippen LogP contribution in [-0.4, -0.2) is 49.8 Å². The number of ether oxygens (including phenoxy) is 2. The molecule has 25 heavy (non-hydrogen) atoms. The molecule has 0 aliphatic carbocycles. The van der Waals surface area contributed by atoms with Gasteiger partial charge < -0.3 is 19.3 Å². The van der Waals surface area contributed by atoms with Gasteiger partial charge in [-0.2, -0.15) is 0 Å². The molecule has 3 rings (SSSR count). The number of rotatable bonds is 6. The SMILES string of the molecule is COc1ccc(OC)c(C2CCN(CC(=O)Nc3cc(C)on3)C2)c1. The molecule has 1 saturated heterocycles. The van der Waals surface area contributed by atoms with Gasteiger partial charge in [0.05, 0.1) is 20.8 Å². The van der Waals surface area contributed by atoms with Gasteiger partial charge in [-0.3, -0.25) is 9.69 Å². The van der Waals surface area contributed by atoms with Crippen LogP contribution in [0, 0.1) is 6.92 Å². The summed E-state index contributed by atoms with van der Waals surface area (Å²) in [5.74, 6) is 3.01. The Labute approximate surface area is 146 Å². The number of carbonyl (C=O) groups is 1. The maximum Gasteiger partial charge on any atom is 0.239 e. The summed E-state index contributed by atoms with van der Waals surface area (Å²) in [5.41, 5.74) is 1.12. The zero-order valence-corrected chi connectivity index (χ0v) is 14.7. The summed E-state index contributed by atoms with van der Waals surface area (Å²) in [6, 6.07) is 7.54. The highest BCUT2D eigenvalue weighted by Gasteiger charge is 2.27. The summed E-state index contributed by atoms with van der Waals surface area (Å²) in [4.78, 5) is 14.3. The lowest BCUT2D eigenvalue weighted by molar-refractivity contribution is -0.117. The highest BCUT2D eigenvalue weighted by molar-refractivity contribution is 5.91. The van der Waals surface area contributed by atoms with Crippen molar-refractivity contribution in [3.05, 3.63) is 35.6 Å². The third-order valence-electron chi connectivity index (χ3n) is 4.41. The lowest BCUT2D eigenvalue weighted by atomic mass is 9.97. The average Bonchev–Trinajstić information content (AvgIpc) is 3.23. The van der Waals surface area contributed by atoms with Gasteiger partial charge >= 0.3 is 0 Å². The van der Waals surface area contributed by atoms with Gasteiger partial charge in [0.15, 0.2) is 5.82 Å². The summed E-state index contributed by atoms with van der Waals surface area (Å²) in [6.45, 7) is 3.77. The zero-order chi connectivity index (χ0) is 17.8. The predicted molar refractivity (Wildman–Crippen MR) is 93.2 cm³/mol. The number of benzene rings is 1. The van der Waals surface area contributed by atoms with Gasteiger partial charge in [0, 0.05) is 24.1 Å². The number of nitrogens with zero attached hydrogens (tertiary/aromatic N) is 2. The number of methoxy groups -OCH3 is 2. The smallest absolute Gasteiger partial charge is 0.239 e. The molecule has 0 spiro atoms. The van der Waals surface area contributed by atoms with Gasteiger partial charge in [-0.05, 0) is 38.1 Å². The van der Waals surface area contributed by atoms with Crippen LogP contribution in [0.25, 0.3) is 0 Å². The highest BCUT2D eigenvalue weighted by atomic mass is 16.5. The number of hydrogen-bond donors (Lipinski definition) is 1. The van der Waals surface area contributed by atoms with Crippen molar-refractivity contribution in [2.75, 3.05) is 39.2 Å². The van der Waals surface area contributed by atoms with Crippen molar-refractivity contribution in [3.63, 3.8) is 0 Å². The molecule has 2 heterocycles. The van der Waals surface area contributed by atoms with E-state index < -0.39 is 0 Å². The fourth-order valence-electron chi connectivity index (χ4n) is 3.20. The molecule has 0 radical (unpaired) electrons. The normalized spacial score (nSPS) is 17.5. The Morgan fingerprint density at radius 3 is 2.88 bits per heavy atom. The highest BCUT2D eigenvalue weighted by Crippen LogP contribution is 2.35. The third kappa shape index (κ3) is 4.11. The Morgan fingerprint density at radius 1 is 1.36 bits per heavy atom. The van der Waals surface area contributed by atoms with Crippen molar-refractivity contribution in [3.8, 4) is 11.5 Å². The van der Waals surface area contributed by atoms with Gasteiger partial charge in [-0.15, -0.1) is 0 Å². The number of nitrogens with one attached hydrogen (secondary N) is 1. The Bertz CT molecular complexity index is 744. The number of amides is 1. The standard InChI is InChI=1S/C18H23N3O4/c1-12-8-17(20-25-12)19-18(22)11-21-7-6-13(10-21)15-9-14(23-2)4-5-16(15)24-3/h4-5,8-9,13H,6-7,10-11H2,1-3H3,(H,19,20,22). The number of aromatic nitrogens is 1. The molecule has 1 fully saturated rings. The number of aryl methyl sites for hydroxylation is 1. The van der Waals surface area contributed by atoms with Crippen molar-refractivity contribution in [1.82, 2.24) is 10.1 Å². The minimum Gasteiger partial charge on any atom is -0.497 e. The first-order valence-corrected chi connectivity index (χ1v) is 8.26. The van der Waals surface area contributed by atoms with Gasteiger partial charge in [0.25, 0.3) is 0 Å². The van der Waals surface area contributed by atoms with Gasteiger partial charge in [0.2, 0.25) is 5.91 Å². The van der Waals surface area contributed by atoms with Crippen molar-refractivity contribution < 1.29 is 18.8 Å². The number of anilines is 1. The first-order valence-electron chi connectivity index (χ1n) is 8.26. The lowest BCUT2D eigenvalue weighted by Gasteiger charge is -2.17.